The van der Waals surface area contributed by atoms with E-state index in [0.29, 0.717) is 11.6 Å². The Hall–Kier alpha value is -1.40. The van der Waals surface area contributed by atoms with Crippen LogP contribution in [0, 0.1) is 5.92 Å². The van der Waals surface area contributed by atoms with Crippen LogP contribution in [0.1, 0.15) is 50.4 Å². The van der Waals surface area contributed by atoms with Crippen LogP contribution in [0.5, 0.6) is 0 Å². The van der Waals surface area contributed by atoms with Crippen LogP contribution in [0.4, 0.5) is 0 Å². The van der Waals surface area contributed by atoms with E-state index >= 15 is 0 Å². The Balaban J connectivity index is 0.00000264. The molecule has 130 valence electrons. The van der Waals surface area contributed by atoms with Gasteiger partial charge in [-0.1, -0.05) is 13.8 Å². The van der Waals surface area contributed by atoms with E-state index in [9.17, 15) is 9.59 Å². The van der Waals surface area contributed by atoms with E-state index in [2.05, 4.69) is 27.8 Å². The lowest BCUT2D eigenvalue weighted by Crippen LogP contribution is -2.42. The summed E-state index contributed by atoms with van der Waals surface area (Å²) in [6, 6.07) is 0.367. The Morgan fingerprint density at radius 2 is 2.04 bits per heavy atom. The van der Waals surface area contributed by atoms with Crippen LogP contribution in [0.25, 0.3) is 0 Å². The minimum atomic E-state index is -0.201. The topological polar surface area (TPSA) is 86.9 Å². The zero-order valence-corrected chi connectivity index (χ0v) is 14.9. The summed E-state index contributed by atoms with van der Waals surface area (Å²) in [7, 11) is 0. The third-order valence-electron chi connectivity index (χ3n) is 4.40. The summed E-state index contributed by atoms with van der Waals surface area (Å²) in [5, 5.41) is 12.9. The molecule has 1 amide bonds. The Morgan fingerprint density at radius 1 is 1.30 bits per heavy atom. The van der Waals surface area contributed by atoms with Gasteiger partial charge in [0.2, 0.25) is 5.91 Å². The van der Waals surface area contributed by atoms with Crippen molar-refractivity contribution in [1.82, 2.24) is 20.8 Å². The first-order valence-electron chi connectivity index (χ1n) is 8.17. The zero-order chi connectivity index (χ0) is 16.1. The van der Waals surface area contributed by atoms with Crippen LogP contribution in [-0.2, 0) is 24.2 Å². The van der Waals surface area contributed by atoms with Crippen LogP contribution in [0.3, 0.4) is 0 Å². The highest BCUT2D eigenvalue weighted by Gasteiger charge is 2.24. The summed E-state index contributed by atoms with van der Waals surface area (Å²) in [5.41, 5.74) is 2.31. The highest BCUT2D eigenvalue weighted by molar-refractivity contribution is 5.85. The summed E-state index contributed by atoms with van der Waals surface area (Å²) in [4.78, 5) is 24.3. The third kappa shape index (κ3) is 4.78. The number of nitrogens with one attached hydrogen (secondary N) is 3. The summed E-state index contributed by atoms with van der Waals surface area (Å²) in [6.45, 7) is 7.27. The normalized spacial score (nSPS) is 20.7. The van der Waals surface area contributed by atoms with E-state index < -0.39 is 0 Å². The highest BCUT2D eigenvalue weighted by atomic mass is 35.5. The number of amides is 1. The van der Waals surface area contributed by atoms with Gasteiger partial charge in [0.15, 0.2) is 0 Å². The molecule has 0 saturated carbocycles. The third-order valence-corrected chi connectivity index (χ3v) is 4.40. The number of hydrogen-bond acceptors (Lipinski definition) is 4. The molecule has 0 bridgehead atoms. The second-order valence-corrected chi connectivity index (χ2v) is 5.96. The van der Waals surface area contributed by atoms with E-state index in [-0.39, 0.29) is 36.3 Å². The molecular formula is C16H27ClN4O2. The number of aromatic amines is 1. The number of hydrogen-bond donors (Lipinski definition) is 3. The Kier molecular flexibility index (Phi) is 7.72. The number of rotatable bonds is 5. The van der Waals surface area contributed by atoms with Crippen molar-refractivity contribution in [2.45, 2.75) is 59.0 Å². The highest BCUT2D eigenvalue weighted by Crippen LogP contribution is 2.16. The molecule has 2 heterocycles. The average molecular weight is 343 g/mol. The quantitative estimate of drug-likeness (QED) is 0.753. The number of carbonyl (C=O) groups excluding carboxylic acids is 1. The number of aryl methyl sites for hydroxylation is 1. The van der Waals surface area contributed by atoms with Crippen molar-refractivity contribution in [2.24, 2.45) is 5.92 Å². The molecule has 0 unspecified atom stereocenters. The molecule has 1 fully saturated rings. The van der Waals surface area contributed by atoms with E-state index in [4.69, 9.17) is 0 Å². The lowest BCUT2D eigenvalue weighted by atomic mass is 9.92. The maximum absolute atomic E-state index is 12.3. The van der Waals surface area contributed by atoms with Gasteiger partial charge in [-0.05, 0) is 44.7 Å². The SMILES string of the molecule is CCc1n[nH]c(=O)c(CNC(=O)[C@H]2CCN[C@@H](C)C2)c1CC.Cl. The molecule has 0 spiro atoms. The maximum Gasteiger partial charge on any atom is 0.269 e. The molecule has 6 nitrogen and oxygen atoms in total. The van der Waals surface area contributed by atoms with Gasteiger partial charge in [-0.15, -0.1) is 12.4 Å². The second-order valence-electron chi connectivity index (χ2n) is 5.96. The molecule has 7 heteroatoms. The summed E-state index contributed by atoms with van der Waals surface area (Å²) in [5.74, 6) is 0.0811. The van der Waals surface area contributed by atoms with Crippen molar-refractivity contribution >= 4 is 18.3 Å². The lowest BCUT2D eigenvalue weighted by molar-refractivity contribution is -0.126. The van der Waals surface area contributed by atoms with E-state index in [1.165, 1.54) is 0 Å². The largest absolute Gasteiger partial charge is 0.352 e. The average Bonchev–Trinajstić information content (AvgIpc) is 2.53. The summed E-state index contributed by atoms with van der Waals surface area (Å²) in [6.07, 6.45) is 3.21. The van der Waals surface area contributed by atoms with Crippen molar-refractivity contribution < 1.29 is 4.79 Å². The fourth-order valence-electron chi connectivity index (χ4n) is 3.15. The number of carbonyl (C=O) groups is 1. The van der Waals surface area contributed by atoms with Crippen LogP contribution in [0.2, 0.25) is 0 Å². The predicted octanol–water partition coefficient (Wildman–Crippen LogP) is 1.32. The van der Waals surface area contributed by atoms with Gasteiger partial charge in [0.1, 0.15) is 0 Å². The van der Waals surface area contributed by atoms with Gasteiger partial charge in [0.25, 0.3) is 5.56 Å². The fraction of sp³-hybridized carbons (Fsp3) is 0.688. The molecule has 1 aromatic rings. The molecule has 0 aliphatic carbocycles. The number of halogens is 1. The molecule has 2 rings (SSSR count). The van der Waals surface area contributed by atoms with Gasteiger partial charge in [-0.25, -0.2) is 5.10 Å². The number of aromatic nitrogens is 2. The van der Waals surface area contributed by atoms with E-state index in [1.807, 2.05) is 13.8 Å². The van der Waals surface area contributed by atoms with Gasteiger partial charge in [0.05, 0.1) is 5.69 Å². The van der Waals surface area contributed by atoms with Crippen LogP contribution < -0.4 is 16.2 Å². The number of piperidine rings is 1. The van der Waals surface area contributed by atoms with Crippen LogP contribution in [-0.4, -0.2) is 28.7 Å². The Labute approximate surface area is 143 Å². The summed E-state index contributed by atoms with van der Waals surface area (Å²) < 4.78 is 0. The van der Waals surface area contributed by atoms with Crippen molar-refractivity contribution in [3.63, 3.8) is 0 Å². The van der Waals surface area contributed by atoms with Gasteiger partial charge in [-0.2, -0.15) is 5.10 Å². The summed E-state index contributed by atoms with van der Waals surface area (Å²) >= 11 is 0. The molecule has 0 radical (unpaired) electrons. The predicted molar refractivity (Wildman–Crippen MR) is 92.9 cm³/mol. The Morgan fingerprint density at radius 3 is 2.65 bits per heavy atom. The van der Waals surface area contributed by atoms with E-state index in [0.717, 1.165) is 43.5 Å². The first-order valence-corrected chi connectivity index (χ1v) is 8.17. The molecule has 1 aliphatic rings. The molecule has 23 heavy (non-hydrogen) atoms. The molecule has 1 aromatic heterocycles. The van der Waals surface area contributed by atoms with Gasteiger partial charge in [0, 0.05) is 24.1 Å². The smallest absolute Gasteiger partial charge is 0.269 e. The molecule has 0 aromatic carbocycles. The van der Waals surface area contributed by atoms with Crippen molar-refractivity contribution in [2.75, 3.05) is 6.54 Å². The maximum atomic E-state index is 12.3. The van der Waals surface area contributed by atoms with Crippen molar-refractivity contribution in [3.05, 3.63) is 27.2 Å². The van der Waals surface area contributed by atoms with Crippen LogP contribution in [0.15, 0.2) is 4.79 Å². The fourth-order valence-corrected chi connectivity index (χ4v) is 3.15. The zero-order valence-electron chi connectivity index (χ0n) is 14.1. The first kappa shape index (κ1) is 19.6. The molecule has 1 saturated heterocycles. The second kappa shape index (κ2) is 9.03. The minimum absolute atomic E-state index is 0. The van der Waals surface area contributed by atoms with Crippen LogP contribution >= 0.6 is 12.4 Å². The molecule has 3 N–H and O–H groups in total. The molecular weight excluding hydrogens is 316 g/mol. The monoisotopic (exact) mass is 342 g/mol. The standard InChI is InChI=1S/C16H26N4O2.ClH/c1-4-12-13(16(22)20-19-14(12)5-2)9-18-15(21)11-6-7-17-10(3)8-11;/h10-11,17H,4-9H2,1-3H3,(H,18,21)(H,20,22);1H/t10-,11-;/m0./s1. The molecule has 2 atom stereocenters. The lowest BCUT2D eigenvalue weighted by Gasteiger charge is -2.27. The first-order chi connectivity index (χ1) is 10.6. The Bertz CT molecular complexity index is 588. The number of nitrogens with zero attached hydrogens (tertiary/aromatic N) is 1. The van der Waals surface area contributed by atoms with Crippen molar-refractivity contribution in [3.8, 4) is 0 Å². The van der Waals surface area contributed by atoms with Gasteiger partial charge in [-0.3, -0.25) is 9.59 Å². The van der Waals surface area contributed by atoms with Crippen molar-refractivity contribution in [1.29, 1.82) is 0 Å². The van der Waals surface area contributed by atoms with Gasteiger partial charge >= 0.3 is 0 Å². The van der Waals surface area contributed by atoms with E-state index in [1.54, 1.807) is 0 Å². The van der Waals surface area contributed by atoms with Gasteiger partial charge < -0.3 is 10.6 Å². The molecule has 1 aliphatic heterocycles. The minimum Gasteiger partial charge on any atom is -0.352 e. The number of H-pyrrole nitrogens is 1.